The van der Waals surface area contributed by atoms with Crippen LogP contribution < -0.4 is 9.62 Å². The van der Waals surface area contributed by atoms with Crippen LogP contribution in [0.4, 0.5) is 5.69 Å². The Morgan fingerprint density at radius 1 is 0.927 bits per heavy atom. The van der Waals surface area contributed by atoms with Crippen LogP contribution >= 0.6 is 23.2 Å². The summed E-state index contributed by atoms with van der Waals surface area (Å²) < 4.78 is 29.2. The van der Waals surface area contributed by atoms with Crippen molar-refractivity contribution in [2.75, 3.05) is 10.8 Å². The number of halogens is 2. The number of carbonyl (C=O) groups is 2. The Labute approximate surface area is 253 Å². The number of benzene rings is 3. The highest BCUT2D eigenvalue weighted by atomic mass is 35.5. The molecule has 0 fully saturated rings. The van der Waals surface area contributed by atoms with Crippen molar-refractivity contribution in [2.24, 2.45) is 0 Å². The molecule has 7 nitrogen and oxygen atoms in total. The number of nitrogens with zero attached hydrogens (tertiary/aromatic N) is 2. The van der Waals surface area contributed by atoms with Crippen LogP contribution in [0.2, 0.25) is 10.0 Å². The van der Waals surface area contributed by atoms with Crippen LogP contribution in [0.25, 0.3) is 0 Å². The lowest BCUT2D eigenvalue weighted by molar-refractivity contribution is -0.140. The molecular formula is C31H37Cl2N3O4S. The zero-order valence-corrected chi connectivity index (χ0v) is 26.4. The number of hydrogen-bond donors (Lipinski definition) is 1. The van der Waals surface area contributed by atoms with Gasteiger partial charge in [0.2, 0.25) is 11.8 Å². The van der Waals surface area contributed by atoms with Crippen LogP contribution in [0.1, 0.15) is 50.3 Å². The molecule has 0 bridgehead atoms. The van der Waals surface area contributed by atoms with Gasteiger partial charge in [-0.1, -0.05) is 72.9 Å². The van der Waals surface area contributed by atoms with Crippen molar-refractivity contribution in [3.63, 3.8) is 0 Å². The molecule has 220 valence electrons. The lowest BCUT2D eigenvalue weighted by Crippen LogP contribution is -2.53. The van der Waals surface area contributed by atoms with E-state index in [2.05, 4.69) is 5.32 Å². The van der Waals surface area contributed by atoms with Gasteiger partial charge in [0, 0.05) is 22.6 Å². The van der Waals surface area contributed by atoms with Gasteiger partial charge in [-0.2, -0.15) is 0 Å². The van der Waals surface area contributed by atoms with Crippen LogP contribution in [-0.4, -0.2) is 43.8 Å². The van der Waals surface area contributed by atoms with E-state index in [1.54, 1.807) is 61.5 Å². The van der Waals surface area contributed by atoms with Gasteiger partial charge >= 0.3 is 0 Å². The first-order chi connectivity index (χ1) is 19.4. The third-order valence-corrected chi connectivity index (χ3v) is 9.38. The van der Waals surface area contributed by atoms with E-state index in [1.807, 2.05) is 27.7 Å². The number of sulfonamides is 1. The summed E-state index contributed by atoms with van der Waals surface area (Å²) in [6.45, 7) is 8.77. The van der Waals surface area contributed by atoms with Crippen LogP contribution in [0, 0.1) is 13.8 Å². The van der Waals surface area contributed by atoms with E-state index in [9.17, 15) is 18.0 Å². The van der Waals surface area contributed by atoms with Crippen LogP contribution in [0.5, 0.6) is 0 Å². The Balaban J connectivity index is 2.10. The van der Waals surface area contributed by atoms with Crippen molar-refractivity contribution in [3.05, 3.63) is 93.5 Å². The highest BCUT2D eigenvalue weighted by molar-refractivity contribution is 7.92. The van der Waals surface area contributed by atoms with Gasteiger partial charge in [0.25, 0.3) is 10.0 Å². The van der Waals surface area contributed by atoms with E-state index >= 15 is 0 Å². The van der Waals surface area contributed by atoms with E-state index in [0.717, 1.165) is 16.3 Å². The fraction of sp³-hybridized carbons (Fsp3) is 0.355. The first-order valence-corrected chi connectivity index (χ1v) is 15.8. The molecule has 0 aliphatic carbocycles. The maximum absolute atomic E-state index is 14.2. The largest absolute Gasteiger partial charge is 0.352 e. The highest BCUT2D eigenvalue weighted by Gasteiger charge is 2.34. The minimum absolute atomic E-state index is 0.0307. The first-order valence-electron chi connectivity index (χ1n) is 13.6. The van der Waals surface area contributed by atoms with Crippen molar-refractivity contribution < 1.29 is 18.0 Å². The van der Waals surface area contributed by atoms with E-state index < -0.39 is 28.5 Å². The summed E-state index contributed by atoms with van der Waals surface area (Å²) in [5, 5.41) is 3.85. The molecule has 0 heterocycles. The zero-order valence-electron chi connectivity index (χ0n) is 24.0. The number of rotatable bonds is 12. The number of hydrogen-bond acceptors (Lipinski definition) is 4. The summed E-state index contributed by atoms with van der Waals surface area (Å²) in [4.78, 5) is 29.0. The van der Waals surface area contributed by atoms with Gasteiger partial charge < -0.3 is 10.2 Å². The number of amides is 2. The zero-order chi connectivity index (χ0) is 30.3. The van der Waals surface area contributed by atoms with Gasteiger partial charge in [-0.05, 0) is 81.1 Å². The van der Waals surface area contributed by atoms with Gasteiger partial charge in [0.1, 0.15) is 12.6 Å². The molecule has 0 saturated carbocycles. The SMILES string of the molecule is CCC(C)NC(=O)C(CC)N(Cc1ccccc1Cl)C(=O)CN(c1ccc(Cl)cc1C)S(=O)(=O)c1ccc(C)cc1. The molecule has 0 aliphatic rings. The molecule has 0 saturated heterocycles. The fourth-order valence-corrected chi connectivity index (χ4v) is 6.32. The highest BCUT2D eigenvalue weighted by Crippen LogP contribution is 2.30. The molecule has 1 N–H and O–H groups in total. The van der Waals surface area contributed by atoms with Crippen LogP contribution in [0.15, 0.2) is 71.6 Å². The van der Waals surface area contributed by atoms with Gasteiger partial charge in [-0.3, -0.25) is 13.9 Å². The average molecular weight is 619 g/mol. The van der Waals surface area contributed by atoms with Gasteiger partial charge in [-0.25, -0.2) is 8.42 Å². The van der Waals surface area contributed by atoms with Crippen LogP contribution in [-0.2, 0) is 26.2 Å². The number of carbonyl (C=O) groups excluding carboxylic acids is 2. The van der Waals surface area contributed by atoms with Crippen LogP contribution in [0.3, 0.4) is 0 Å². The molecule has 41 heavy (non-hydrogen) atoms. The summed E-state index contributed by atoms with van der Waals surface area (Å²) in [5.41, 5.74) is 2.45. The monoisotopic (exact) mass is 617 g/mol. The fourth-order valence-electron chi connectivity index (χ4n) is 4.42. The summed E-state index contributed by atoms with van der Waals surface area (Å²) in [6, 6.07) is 17.4. The van der Waals surface area contributed by atoms with E-state index in [1.165, 1.54) is 17.0 Å². The van der Waals surface area contributed by atoms with Gasteiger partial charge in [0.05, 0.1) is 10.6 Å². The topological polar surface area (TPSA) is 86.8 Å². The summed E-state index contributed by atoms with van der Waals surface area (Å²) >= 11 is 12.6. The minimum Gasteiger partial charge on any atom is -0.352 e. The molecule has 3 aromatic rings. The first kappa shape index (κ1) is 32.4. The molecule has 2 amide bonds. The Bertz CT molecular complexity index is 1480. The second-order valence-electron chi connectivity index (χ2n) is 10.1. The number of nitrogens with one attached hydrogen (secondary N) is 1. The molecule has 2 atom stereocenters. The normalized spacial score (nSPS) is 12.9. The van der Waals surface area contributed by atoms with Gasteiger partial charge in [0.15, 0.2) is 0 Å². The average Bonchev–Trinajstić information content (AvgIpc) is 2.93. The predicted octanol–water partition coefficient (Wildman–Crippen LogP) is 6.53. The predicted molar refractivity (Wildman–Crippen MR) is 166 cm³/mol. The second kappa shape index (κ2) is 14.2. The van der Waals surface area contributed by atoms with Crippen molar-refractivity contribution in [1.29, 1.82) is 0 Å². The van der Waals surface area contributed by atoms with Crippen molar-refractivity contribution >= 4 is 50.7 Å². The minimum atomic E-state index is -4.18. The maximum atomic E-state index is 14.2. The quantitative estimate of drug-likeness (QED) is 0.250. The summed E-state index contributed by atoms with van der Waals surface area (Å²) in [7, 11) is -4.18. The summed E-state index contributed by atoms with van der Waals surface area (Å²) in [6.07, 6.45) is 1.04. The third kappa shape index (κ3) is 8.03. The van der Waals surface area contributed by atoms with E-state index in [-0.39, 0.29) is 23.4 Å². The maximum Gasteiger partial charge on any atom is 0.264 e. The van der Waals surface area contributed by atoms with E-state index in [4.69, 9.17) is 23.2 Å². The van der Waals surface area contributed by atoms with E-state index in [0.29, 0.717) is 33.3 Å². The van der Waals surface area contributed by atoms with Crippen molar-refractivity contribution in [2.45, 2.75) is 71.0 Å². The molecule has 0 aliphatic heterocycles. The Morgan fingerprint density at radius 3 is 2.17 bits per heavy atom. The molecular weight excluding hydrogens is 581 g/mol. The second-order valence-corrected chi connectivity index (χ2v) is 12.8. The number of aryl methyl sites for hydroxylation is 2. The molecule has 2 unspecified atom stereocenters. The molecule has 0 radical (unpaired) electrons. The molecule has 10 heteroatoms. The molecule has 3 rings (SSSR count). The number of anilines is 1. The smallest absolute Gasteiger partial charge is 0.264 e. The third-order valence-electron chi connectivity index (χ3n) is 7.00. The van der Waals surface area contributed by atoms with Crippen molar-refractivity contribution in [1.82, 2.24) is 10.2 Å². The lowest BCUT2D eigenvalue weighted by Gasteiger charge is -2.34. The van der Waals surface area contributed by atoms with Gasteiger partial charge in [-0.15, -0.1) is 0 Å². The Morgan fingerprint density at radius 2 is 1.59 bits per heavy atom. The Hall–Kier alpha value is -3.07. The van der Waals surface area contributed by atoms with Crippen molar-refractivity contribution in [3.8, 4) is 0 Å². The summed E-state index contributed by atoms with van der Waals surface area (Å²) in [5.74, 6) is -0.848. The Kier molecular flexibility index (Phi) is 11.2. The molecule has 0 aromatic heterocycles. The standard InChI is InChI=1S/C31H37Cl2N3O4S/c1-6-23(5)34-31(38)28(7-2)35(19-24-10-8-9-11-27(24)33)30(37)20-36(29-17-14-25(32)18-22(29)4)41(39,40)26-15-12-21(3)13-16-26/h8-18,23,28H,6-7,19-20H2,1-5H3,(H,34,38). The molecule has 3 aromatic carbocycles. The molecule has 0 spiro atoms. The lowest BCUT2D eigenvalue weighted by atomic mass is 10.1.